The van der Waals surface area contributed by atoms with Gasteiger partial charge in [0.25, 0.3) is 0 Å². The molecule has 1 unspecified atom stereocenters. The molecule has 32 heavy (non-hydrogen) atoms. The first kappa shape index (κ1) is 28.6. The molecule has 0 aliphatic carbocycles. The number of amidine groups is 1. The summed E-state index contributed by atoms with van der Waals surface area (Å²) in [6.07, 6.45) is 30.4. The minimum absolute atomic E-state index is 0.0292. The maximum absolute atomic E-state index is 11.3. The molecule has 0 aromatic rings. The van der Waals surface area contributed by atoms with E-state index in [1.54, 1.807) is 6.20 Å². The van der Waals surface area contributed by atoms with Crippen LogP contribution in [0.2, 0.25) is 0 Å². The molecule has 0 bridgehead atoms. The minimum atomic E-state index is -0.810. The summed E-state index contributed by atoms with van der Waals surface area (Å²) in [5, 5.41) is 9.25. The molecule has 1 aliphatic rings. The normalized spacial score (nSPS) is 18.0. The van der Waals surface area contributed by atoms with E-state index in [-0.39, 0.29) is 11.0 Å². The molecule has 1 atom stereocenters. The molecule has 184 valence electrons. The maximum Gasteiger partial charge on any atom is 0.360 e. The van der Waals surface area contributed by atoms with Gasteiger partial charge in [0.15, 0.2) is 6.54 Å². The Morgan fingerprint density at radius 3 is 1.97 bits per heavy atom. The van der Waals surface area contributed by atoms with Gasteiger partial charge in [-0.15, -0.1) is 0 Å². The molecular weight excluding hydrogens is 398 g/mol. The lowest BCUT2D eigenvalue weighted by Crippen LogP contribution is -2.52. The van der Waals surface area contributed by atoms with Crippen LogP contribution in [0.3, 0.4) is 0 Å². The highest BCUT2D eigenvalue weighted by molar-refractivity contribution is 5.81. The number of rotatable bonds is 22. The van der Waals surface area contributed by atoms with Crippen LogP contribution >= 0.6 is 0 Å². The molecule has 1 aliphatic heterocycles. The Morgan fingerprint density at radius 1 is 0.906 bits per heavy atom. The summed E-state index contributed by atoms with van der Waals surface area (Å²) in [6, 6.07) is 0. The Morgan fingerprint density at radius 2 is 1.44 bits per heavy atom. The van der Waals surface area contributed by atoms with Crippen molar-refractivity contribution in [3.8, 4) is 0 Å². The van der Waals surface area contributed by atoms with E-state index in [0.717, 1.165) is 25.1 Å². The maximum atomic E-state index is 11.3. The summed E-state index contributed by atoms with van der Waals surface area (Å²) in [5.41, 5.74) is 5.72. The number of carboxylic acids is 1. The quantitative estimate of drug-likeness (QED) is 0.107. The van der Waals surface area contributed by atoms with E-state index in [0.29, 0.717) is 13.1 Å². The molecule has 0 saturated carbocycles. The second-order valence-electron chi connectivity index (χ2n) is 9.34. The second kappa shape index (κ2) is 19.0. The van der Waals surface area contributed by atoms with Crippen molar-refractivity contribution in [2.24, 2.45) is 10.7 Å². The van der Waals surface area contributed by atoms with Gasteiger partial charge >= 0.3 is 5.97 Å². The predicted octanol–water partition coefficient (Wildman–Crippen LogP) is 6.94. The van der Waals surface area contributed by atoms with Crippen molar-refractivity contribution >= 4 is 11.8 Å². The van der Waals surface area contributed by atoms with Crippen LogP contribution in [-0.4, -0.2) is 41.0 Å². The highest BCUT2D eigenvalue weighted by Crippen LogP contribution is 2.20. The molecule has 0 saturated heterocycles. The smallest absolute Gasteiger partial charge is 0.360 e. The topological polar surface area (TPSA) is 75.7 Å². The van der Waals surface area contributed by atoms with E-state index < -0.39 is 5.97 Å². The van der Waals surface area contributed by atoms with Crippen molar-refractivity contribution in [2.45, 2.75) is 116 Å². The van der Waals surface area contributed by atoms with E-state index >= 15 is 0 Å². The van der Waals surface area contributed by atoms with Crippen LogP contribution in [-0.2, 0) is 4.79 Å². The Hall–Kier alpha value is -1.46. The highest BCUT2D eigenvalue weighted by atomic mass is 16.4. The summed E-state index contributed by atoms with van der Waals surface area (Å²) < 4.78 is 0.286. The van der Waals surface area contributed by atoms with Crippen LogP contribution in [0, 0.1) is 0 Å². The Bertz CT molecular complexity index is 571. The van der Waals surface area contributed by atoms with Crippen LogP contribution in [0.25, 0.3) is 0 Å². The van der Waals surface area contributed by atoms with Gasteiger partial charge in [0.1, 0.15) is 12.7 Å². The zero-order valence-corrected chi connectivity index (χ0v) is 20.8. The third-order valence-electron chi connectivity index (χ3n) is 6.45. The highest BCUT2D eigenvalue weighted by Gasteiger charge is 2.36. The fourth-order valence-corrected chi connectivity index (χ4v) is 4.53. The molecule has 0 aromatic carbocycles. The van der Waals surface area contributed by atoms with Crippen LogP contribution in [0.5, 0.6) is 0 Å². The van der Waals surface area contributed by atoms with Gasteiger partial charge in [-0.05, 0) is 25.7 Å². The van der Waals surface area contributed by atoms with Gasteiger partial charge in [0.2, 0.25) is 5.84 Å². The standard InChI is InChI=1S/C27H49N3O2/c1-2-3-4-5-6-7-8-9-10-11-12-13-14-15-16-17-18-19-20-26-29-22-24-30(26,23-21-28)25-27(31)32/h16-17,22,24H,2-15,18-21,23,25,28H2,1H3/p+1/b17-16+. The Balaban J connectivity index is 1.97. The first-order valence-corrected chi connectivity index (χ1v) is 13.3. The van der Waals surface area contributed by atoms with Gasteiger partial charge in [-0.25, -0.2) is 14.3 Å². The molecule has 1 rings (SSSR count). The zero-order chi connectivity index (χ0) is 23.3. The molecule has 0 radical (unpaired) electrons. The van der Waals surface area contributed by atoms with E-state index in [1.165, 1.54) is 89.9 Å². The van der Waals surface area contributed by atoms with E-state index in [1.807, 2.05) is 6.20 Å². The molecule has 5 nitrogen and oxygen atoms in total. The number of nitrogens with zero attached hydrogens (tertiary/aromatic N) is 2. The summed E-state index contributed by atoms with van der Waals surface area (Å²) in [5.74, 6) is 0.123. The number of hydrogen-bond acceptors (Lipinski definition) is 3. The molecule has 5 heteroatoms. The van der Waals surface area contributed by atoms with Crippen LogP contribution in [0.4, 0.5) is 0 Å². The van der Waals surface area contributed by atoms with Crippen LogP contribution < -0.4 is 5.73 Å². The minimum Gasteiger partial charge on any atom is -0.477 e. The average molecular weight is 449 g/mol. The number of aliphatic carboxylic acids is 1. The summed E-state index contributed by atoms with van der Waals surface area (Å²) in [4.78, 5) is 15.7. The van der Waals surface area contributed by atoms with Crippen LogP contribution in [0.15, 0.2) is 29.5 Å². The fraction of sp³-hybridized carbons (Fsp3) is 0.778. The van der Waals surface area contributed by atoms with Crippen molar-refractivity contribution in [2.75, 3.05) is 19.6 Å². The molecule has 0 spiro atoms. The lowest BCUT2D eigenvalue weighted by atomic mass is 10.0. The number of aliphatic imine (C=N–C) groups is 1. The summed E-state index contributed by atoms with van der Waals surface area (Å²) in [7, 11) is 0. The lowest BCUT2D eigenvalue weighted by Gasteiger charge is -2.30. The van der Waals surface area contributed by atoms with Crippen molar-refractivity contribution in [1.29, 1.82) is 0 Å². The number of allylic oxidation sites excluding steroid dienone is 2. The van der Waals surface area contributed by atoms with Crippen molar-refractivity contribution in [1.82, 2.24) is 0 Å². The number of carboxylic acid groups (broad SMARTS) is 1. The number of nitrogens with two attached hydrogens (primary N) is 1. The average Bonchev–Trinajstić information content (AvgIpc) is 3.14. The third-order valence-corrected chi connectivity index (χ3v) is 6.45. The first-order valence-electron chi connectivity index (χ1n) is 13.3. The van der Waals surface area contributed by atoms with Gasteiger partial charge in [-0.3, -0.25) is 0 Å². The van der Waals surface area contributed by atoms with Gasteiger partial charge < -0.3 is 10.8 Å². The second-order valence-corrected chi connectivity index (χ2v) is 9.34. The largest absolute Gasteiger partial charge is 0.477 e. The molecule has 0 fully saturated rings. The van der Waals surface area contributed by atoms with Gasteiger partial charge in [-0.1, -0.05) is 96.1 Å². The molecule has 0 aromatic heterocycles. The molecule has 0 amide bonds. The first-order chi connectivity index (χ1) is 15.6. The van der Waals surface area contributed by atoms with E-state index in [4.69, 9.17) is 5.73 Å². The summed E-state index contributed by atoms with van der Waals surface area (Å²) in [6.45, 7) is 3.36. The Labute approximate surface area is 197 Å². The lowest BCUT2D eigenvalue weighted by molar-refractivity contribution is -0.778. The molecular formula is C27H50N3O2+. The third kappa shape index (κ3) is 13.2. The Kier molecular flexibility index (Phi) is 17.0. The van der Waals surface area contributed by atoms with Crippen molar-refractivity contribution < 1.29 is 14.4 Å². The van der Waals surface area contributed by atoms with Gasteiger partial charge in [0, 0.05) is 13.0 Å². The van der Waals surface area contributed by atoms with Gasteiger partial charge in [-0.2, -0.15) is 0 Å². The number of unbranched alkanes of at least 4 members (excludes halogenated alkanes) is 14. The SMILES string of the molecule is CCCCCCCCCCCCCCC/C=C/CCCC1=NC=C[N+]1(CCN)CC(=O)O. The van der Waals surface area contributed by atoms with E-state index in [9.17, 15) is 9.90 Å². The predicted molar refractivity (Wildman–Crippen MR) is 137 cm³/mol. The van der Waals surface area contributed by atoms with Crippen molar-refractivity contribution in [3.05, 3.63) is 24.6 Å². The number of hydrogen-bond donors (Lipinski definition) is 2. The van der Waals surface area contributed by atoms with Crippen LogP contribution in [0.1, 0.15) is 116 Å². The summed E-state index contributed by atoms with van der Waals surface area (Å²) >= 11 is 0. The number of carbonyl (C=O) groups is 1. The molecule has 1 heterocycles. The fourth-order valence-electron chi connectivity index (χ4n) is 4.53. The molecule has 3 N–H and O–H groups in total. The zero-order valence-electron chi connectivity index (χ0n) is 20.8. The monoisotopic (exact) mass is 448 g/mol. The number of quaternary nitrogens is 1. The van der Waals surface area contributed by atoms with Gasteiger partial charge in [0.05, 0.1) is 6.20 Å². The van der Waals surface area contributed by atoms with E-state index in [2.05, 4.69) is 24.1 Å². The van der Waals surface area contributed by atoms with Crippen molar-refractivity contribution in [3.63, 3.8) is 0 Å².